The standard InChI is InChI=1S/C11H15F2N/c1-2-8-4-3-5-9(6-8)7-10(14)11(12)13/h3-6,10-11H,2,7,14H2,1H3. The van der Waals surface area contributed by atoms with E-state index in [-0.39, 0.29) is 6.42 Å². The summed E-state index contributed by atoms with van der Waals surface area (Å²) in [5.41, 5.74) is 7.33. The number of halogens is 2. The maximum atomic E-state index is 12.2. The van der Waals surface area contributed by atoms with Gasteiger partial charge in [0.1, 0.15) is 0 Å². The Kier molecular flexibility index (Phi) is 4.01. The SMILES string of the molecule is CCc1cccc(CC(N)C(F)F)c1. The van der Waals surface area contributed by atoms with Crippen molar-refractivity contribution in [1.82, 2.24) is 0 Å². The van der Waals surface area contributed by atoms with Crippen molar-refractivity contribution in [3.63, 3.8) is 0 Å². The molecule has 3 heteroatoms. The van der Waals surface area contributed by atoms with Gasteiger partial charge in [0.2, 0.25) is 0 Å². The van der Waals surface area contributed by atoms with E-state index in [4.69, 9.17) is 5.73 Å². The van der Waals surface area contributed by atoms with Gasteiger partial charge in [-0.25, -0.2) is 8.78 Å². The Morgan fingerprint density at radius 3 is 2.50 bits per heavy atom. The molecule has 0 aromatic heterocycles. The van der Waals surface area contributed by atoms with E-state index in [0.29, 0.717) is 0 Å². The third-order valence-electron chi connectivity index (χ3n) is 2.19. The van der Waals surface area contributed by atoms with Crippen molar-refractivity contribution in [3.05, 3.63) is 35.4 Å². The molecule has 0 saturated heterocycles. The first kappa shape index (κ1) is 11.1. The van der Waals surface area contributed by atoms with Crippen molar-refractivity contribution >= 4 is 0 Å². The summed E-state index contributed by atoms with van der Waals surface area (Å²) in [4.78, 5) is 0. The molecule has 0 saturated carbocycles. The second-order valence-corrected chi connectivity index (χ2v) is 3.38. The Morgan fingerprint density at radius 1 is 1.29 bits per heavy atom. The van der Waals surface area contributed by atoms with Crippen LogP contribution in [-0.2, 0) is 12.8 Å². The average Bonchev–Trinajstić information content (AvgIpc) is 2.18. The number of alkyl halides is 2. The fourth-order valence-electron chi connectivity index (χ4n) is 1.34. The van der Waals surface area contributed by atoms with E-state index in [0.717, 1.165) is 17.5 Å². The van der Waals surface area contributed by atoms with Crippen molar-refractivity contribution in [2.24, 2.45) is 5.73 Å². The van der Waals surface area contributed by atoms with Gasteiger partial charge in [-0.1, -0.05) is 31.2 Å². The zero-order valence-corrected chi connectivity index (χ0v) is 8.21. The molecule has 14 heavy (non-hydrogen) atoms. The molecule has 0 heterocycles. The Morgan fingerprint density at radius 2 is 1.93 bits per heavy atom. The van der Waals surface area contributed by atoms with Gasteiger partial charge in [-0.05, 0) is 24.0 Å². The number of aryl methyl sites for hydroxylation is 1. The maximum absolute atomic E-state index is 12.2. The molecule has 1 unspecified atom stereocenters. The lowest BCUT2D eigenvalue weighted by Gasteiger charge is -2.10. The molecule has 1 nitrogen and oxygen atoms in total. The van der Waals surface area contributed by atoms with Gasteiger partial charge in [0.15, 0.2) is 0 Å². The lowest BCUT2D eigenvalue weighted by atomic mass is 10.0. The number of benzene rings is 1. The summed E-state index contributed by atoms with van der Waals surface area (Å²) in [7, 11) is 0. The zero-order chi connectivity index (χ0) is 10.6. The van der Waals surface area contributed by atoms with Gasteiger partial charge in [-0.3, -0.25) is 0 Å². The minimum absolute atomic E-state index is 0.242. The third-order valence-corrected chi connectivity index (χ3v) is 2.19. The van der Waals surface area contributed by atoms with Crippen molar-refractivity contribution < 1.29 is 8.78 Å². The van der Waals surface area contributed by atoms with Crippen LogP contribution in [0, 0.1) is 0 Å². The van der Waals surface area contributed by atoms with Crippen molar-refractivity contribution in [2.45, 2.75) is 32.2 Å². The van der Waals surface area contributed by atoms with Gasteiger partial charge in [-0.15, -0.1) is 0 Å². The van der Waals surface area contributed by atoms with Crippen molar-refractivity contribution in [3.8, 4) is 0 Å². The second-order valence-electron chi connectivity index (χ2n) is 3.38. The Balaban J connectivity index is 2.66. The molecule has 2 N–H and O–H groups in total. The summed E-state index contributed by atoms with van der Waals surface area (Å²) in [6.07, 6.45) is -1.29. The van der Waals surface area contributed by atoms with E-state index >= 15 is 0 Å². The summed E-state index contributed by atoms with van der Waals surface area (Å²) < 4.78 is 24.3. The minimum Gasteiger partial charge on any atom is -0.323 e. The average molecular weight is 199 g/mol. The number of nitrogens with two attached hydrogens (primary N) is 1. The Hall–Kier alpha value is -0.960. The molecule has 0 aliphatic heterocycles. The van der Waals surface area contributed by atoms with Crippen LogP contribution in [0.5, 0.6) is 0 Å². The molecule has 0 amide bonds. The quantitative estimate of drug-likeness (QED) is 0.791. The van der Waals surface area contributed by atoms with Gasteiger partial charge < -0.3 is 5.73 Å². The van der Waals surface area contributed by atoms with Gasteiger partial charge in [0.25, 0.3) is 6.43 Å². The largest absolute Gasteiger partial charge is 0.323 e. The molecule has 1 aromatic carbocycles. The molecule has 1 rings (SSSR count). The van der Waals surface area contributed by atoms with Crippen LogP contribution in [0.15, 0.2) is 24.3 Å². The van der Waals surface area contributed by atoms with Crippen LogP contribution in [0.1, 0.15) is 18.1 Å². The minimum atomic E-state index is -2.44. The molecule has 0 aliphatic rings. The molecule has 1 atom stereocenters. The van der Waals surface area contributed by atoms with Crippen LogP contribution in [0.4, 0.5) is 8.78 Å². The van der Waals surface area contributed by atoms with E-state index in [2.05, 4.69) is 0 Å². The highest BCUT2D eigenvalue weighted by Gasteiger charge is 2.15. The van der Waals surface area contributed by atoms with Crippen LogP contribution in [-0.4, -0.2) is 12.5 Å². The summed E-state index contributed by atoms with van der Waals surface area (Å²) in [5.74, 6) is 0. The van der Waals surface area contributed by atoms with Crippen LogP contribution in [0.2, 0.25) is 0 Å². The predicted molar refractivity (Wildman–Crippen MR) is 53.5 cm³/mol. The first-order valence-corrected chi connectivity index (χ1v) is 4.75. The first-order valence-electron chi connectivity index (χ1n) is 4.75. The molecule has 78 valence electrons. The highest BCUT2D eigenvalue weighted by molar-refractivity contribution is 5.24. The highest BCUT2D eigenvalue weighted by atomic mass is 19.3. The molecule has 0 aliphatic carbocycles. The Bertz CT molecular complexity index is 286. The highest BCUT2D eigenvalue weighted by Crippen LogP contribution is 2.10. The lowest BCUT2D eigenvalue weighted by molar-refractivity contribution is 0.116. The monoisotopic (exact) mass is 199 g/mol. The molecule has 0 spiro atoms. The van der Waals surface area contributed by atoms with E-state index in [9.17, 15) is 8.78 Å². The van der Waals surface area contributed by atoms with Crippen molar-refractivity contribution in [2.75, 3.05) is 0 Å². The molecule has 0 bridgehead atoms. The normalized spacial score (nSPS) is 13.2. The van der Waals surface area contributed by atoms with Crippen LogP contribution < -0.4 is 5.73 Å². The van der Waals surface area contributed by atoms with E-state index in [1.807, 2.05) is 31.2 Å². The van der Waals surface area contributed by atoms with Gasteiger partial charge >= 0.3 is 0 Å². The predicted octanol–water partition coefficient (Wildman–Crippen LogP) is 2.38. The molecular formula is C11H15F2N. The van der Waals surface area contributed by atoms with Gasteiger partial charge in [0, 0.05) is 0 Å². The topological polar surface area (TPSA) is 26.0 Å². The maximum Gasteiger partial charge on any atom is 0.253 e. The van der Waals surface area contributed by atoms with E-state index in [1.54, 1.807) is 0 Å². The molecule has 0 radical (unpaired) electrons. The lowest BCUT2D eigenvalue weighted by Crippen LogP contribution is -2.30. The summed E-state index contributed by atoms with van der Waals surface area (Å²) >= 11 is 0. The van der Waals surface area contributed by atoms with E-state index in [1.165, 1.54) is 0 Å². The number of rotatable bonds is 4. The zero-order valence-electron chi connectivity index (χ0n) is 8.21. The number of hydrogen-bond donors (Lipinski definition) is 1. The van der Waals surface area contributed by atoms with Crippen LogP contribution in [0.3, 0.4) is 0 Å². The van der Waals surface area contributed by atoms with Crippen molar-refractivity contribution in [1.29, 1.82) is 0 Å². The fourth-order valence-corrected chi connectivity index (χ4v) is 1.34. The van der Waals surface area contributed by atoms with Gasteiger partial charge in [-0.2, -0.15) is 0 Å². The Labute approximate surface area is 82.9 Å². The smallest absolute Gasteiger partial charge is 0.253 e. The molecule has 1 aromatic rings. The molecular weight excluding hydrogens is 184 g/mol. The van der Waals surface area contributed by atoms with Crippen LogP contribution >= 0.6 is 0 Å². The van der Waals surface area contributed by atoms with E-state index < -0.39 is 12.5 Å². The first-order chi connectivity index (χ1) is 6.63. The third kappa shape index (κ3) is 3.07. The summed E-state index contributed by atoms with van der Waals surface area (Å²) in [5, 5.41) is 0. The summed E-state index contributed by atoms with van der Waals surface area (Å²) in [6, 6.07) is 6.58. The van der Waals surface area contributed by atoms with Gasteiger partial charge in [0.05, 0.1) is 6.04 Å². The summed E-state index contributed by atoms with van der Waals surface area (Å²) in [6.45, 7) is 2.03. The fraction of sp³-hybridized carbons (Fsp3) is 0.455. The molecule has 0 fully saturated rings. The number of hydrogen-bond acceptors (Lipinski definition) is 1. The second kappa shape index (κ2) is 5.05. The van der Waals surface area contributed by atoms with Crippen LogP contribution in [0.25, 0.3) is 0 Å².